The van der Waals surface area contributed by atoms with Gasteiger partial charge in [-0.2, -0.15) is 0 Å². The van der Waals surface area contributed by atoms with Crippen molar-refractivity contribution in [3.8, 4) is 0 Å². The van der Waals surface area contributed by atoms with E-state index < -0.39 is 0 Å². The van der Waals surface area contributed by atoms with Crippen molar-refractivity contribution in [1.82, 2.24) is 14.9 Å². The van der Waals surface area contributed by atoms with Crippen LogP contribution in [0, 0.1) is 0 Å². The highest BCUT2D eigenvalue weighted by molar-refractivity contribution is 7.99. The smallest absolute Gasteiger partial charge is 0.262 e. The van der Waals surface area contributed by atoms with Crippen LogP contribution in [0.3, 0.4) is 0 Å². The van der Waals surface area contributed by atoms with E-state index in [9.17, 15) is 9.59 Å². The molecule has 0 radical (unpaired) electrons. The summed E-state index contributed by atoms with van der Waals surface area (Å²) in [6.07, 6.45) is 0. The van der Waals surface area contributed by atoms with Crippen LogP contribution in [-0.4, -0.2) is 21.2 Å². The van der Waals surface area contributed by atoms with Gasteiger partial charge in [-0.05, 0) is 42.3 Å². The summed E-state index contributed by atoms with van der Waals surface area (Å²) in [6, 6.07) is 21.5. The molecular weight excluding hydrogens is 394 g/mol. The van der Waals surface area contributed by atoms with Crippen molar-refractivity contribution < 1.29 is 4.79 Å². The Labute approximate surface area is 179 Å². The second-order valence-corrected chi connectivity index (χ2v) is 8.09. The van der Waals surface area contributed by atoms with Gasteiger partial charge in [0.2, 0.25) is 5.91 Å². The Morgan fingerprint density at radius 1 is 1.07 bits per heavy atom. The molecule has 0 aliphatic heterocycles. The molecule has 1 atom stereocenters. The molecule has 3 aromatic carbocycles. The number of carbonyl (C=O) groups is 1. The highest BCUT2D eigenvalue weighted by Crippen LogP contribution is 2.23. The second-order valence-electron chi connectivity index (χ2n) is 7.15. The lowest BCUT2D eigenvalue weighted by Crippen LogP contribution is -2.29. The Hall–Kier alpha value is -3.12. The van der Waals surface area contributed by atoms with Crippen molar-refractivity contribution in [2.75, 3.05) is 5.75 Å². The minimum absolute atomic E-state index is 0.0752. The number of fused-ring (bicyclic) bond motifs is 2. The van der Waals surface area contributed by atoms with E-state index in [1.165, 1.54) is 11.8 Å². The largest absolute Gasteiger partial charge is 0.349 e. The normalized spacial score (nSPS) is 12.2. The number of hydrogen-bond donors (Lipinski definition) is 1. The molecule has 0 unspecified atom stereocenters. The molecule has 0 aliphatic carbocycles. The predicted octanol–water partition coefficient (Wildman–Crippen LogP) is 4.54. The van der Waals surface area contributed by atoms with E-state index in [2.05, 4.69) is 5.32 Å². The van der Waals surface area contributed by atoms with Crippen LogP contribution in [-0.2, 0) is 11.3 Å². The van der Waals surface area contributed by atoms with Crippen LogP contribution in [0.4, 0.5) is 0 Å². The third kappa shape index (κ3) is 4.09. The minimum Gasteiger partial charge on any atom is -0.349 e. The molecule has 0 fully saturated rings. The van der Waals surface area contributed by atoms with Crippen LogP contribution in [0.25, 0.3) is 21.7 Å². The summed E-state index contributed by atoms with van der Waals surface area (Å²) < 4.78 is 1.63. The molecule has 1 heterocycles. The van der Waals surface area contributed by atoms with Crippen molar-refractivity contribution in [1.29, 1.82) is 0 Å². The van der Waals surface area contributed by atoms with Crippen molar-refractivity contribution in [3.63, 3.8) is 0 Å². The summed E-state index contributed by atoms with van der Waals surface area (Å²) in [5.41, 5.74) is 1.63. The molecule has 0 spiro atoms. The summed E-state index contributed by atoms with van der Waals surface area (Å²) in [7, 11) is 0. The van der Waals surface area contributed by atoms with E-state index >= 15 is 0 Å². The lowest BCUT2D eigenvalue weighted by molar-refractivity contribution is -0.119. The number of rotatable bonds is 6. The van der Waals surface area contributed by atoms with Crippen LogP contribution in [0.5, 0.6) is 0 Å². The molecule has 6 heteroatoms. The van der Waals surface area contributed by atoms with Crippen LogP contribution in [0.15, 0.2) is 76.7 Å². The van der Waals surface area contributed by atoms with Crippen molar-refractivity contribution in [2.45, 2.75) is 31.6 Å². The van der Waals surface area contributed by atoms with Gasteiger partial charge in [0.15, 0.2) is 5.16 Å². The second kappa shape index (κ2) is 8.71. The maximum Gasteiger partial charge on any atom is 0.262 e. The third-order valence-corrected chi connectivity index (χ3v) is 6.09. The number of benzene rings is 3. The van der Waals surface area contributed by atoms with Gasteiger partial charge < -0.3 is 5.32 Å². The Morgan fingerprint density at radius 2 is 1.73 bits per heavy atom. The zero-order chi connectivity index (χ0) is 21.1. The van der Waals surface area contributed by atoms with Gasteiger partial charge in [-0.3, -0.25) is 14.2 Å². The number of hydrogen-bond acceptors (Lipinski definition) is 4. The van der Waals surface area contributed by atoms with Crippen molar-refractivity contribution >= 4 is 39.3 Å². The van der Waals surface area contributed by atoms with Gasteiger partial charge in [-0.25, -0.2) is 4.98 Å². The Morgan fingerprint density at radius 3 is 2.43 bits per heavy atom. The zero-order valence-corrected chi connectivity index (χ0v) is 17.8. The first-order valence-corrected chi connectivity index (χ1v) is 11.0. The van der Waals surface area contributed by atoms with Gasteiger partial charge in [0, 0.05) is 6.54 Å². The molecule has 152 valence electrons. The van der Waals surface area contributed by atoms with E-state index in [4.69, 9.17) is 4.98 Å². The van der Waals surface area contributed by atoms with Crippen LogP contribution < -0.4 is 10.9 Å². The molecule has 1 amide bonds. The van der Waals surface area contributed by atoms with E-state index in [0.717, 1.165) is 16.3 Å². The Balaban J connectivity index is 1.58. The fourth-order valence-electron chi connectivity index (χ4n) is 3.52. The zero-order valence-electron chi connectivity index (χ0n) is 17.0. The highest BCUT2D eigenvalue weighted by atomic mass is 32.2. The van der Waals surface area contributed by atoms with Gasteiger partial charge >= 0.3 is 0 Å². The molecule has 1 N–H and O–H groups in total. The summed E-state index contributed by atoms with van der Waals surface area (Å²) in [5, 5.41) is 6.22. The number of nitrogens with zero attached hydrogens (tertiary/aromatic N) is 2. The average Bonchev–Trinajstić information content (AvgIpc) is 2.77. The Kier molecular flexibility index (Phi) is 5.86. The third-order valence-electron chi connectivity index (χ3n) is 5.11. The van der Waals surface area contributed by atoms with E-state index in [0.29, 0.717) is 22.6 Å². The molecule has 4 aromatic rings. The van der Waals surface area contributed by atoms with Gasteiger partial charge in [0.1, 0.15) is 0 Å². The monoisotopic (exact) mass is 417 g/mol. The minimum atomic E-state index is -0.0909. The van der Waals surface area contributed by atoms with Crippen molar-refractivity contribution in [2.24, 2.45) is 0 Å². The lowest BCUT2D eigenvalue weighted by atomic mass is 10.1. The fraction of sp³-hybridized carbons (Fsp3) is 0.208. The van der Waals surface area contributed by atoms with Crippen LogP contribution in [0.2, 0.25) is 0 Å². The van der Waals surface area contributed by atoms with Gasteiger partial charge in [0.25, 0.3) is 5.56 Å². The molecule has 30 heavy (non-hydrogen) atoms. The molecule has 0 aliphatic rings. The summed E-state index contributed by atoms with van der Waals surface area (Å²) in [5.74, 6) is 0.106. The topological polar surface area (TPSA) is 64.0 Å². The molecule has 5 nitrogen and oxygen atoms in total. The van der Waals surface area contributed by atoms with E-state index in [-0.39, 0.29) is 23.3 Å². The van der Waals surface area contributed by atoms with Gasteiger partial charge in [-0.1, -0.05) is 66.4 Å². The van der Waals surface area contributed by atoms with Crippen molar-refractivity contribution in [3.05, 3.63) is 82.6 Å². The molecule has 0 saturated carbocycles. The standard InChI is InChI=1S/C24H23N3O2S/c1-3-27-23(29)20-13-18-11-7-8-12-19(18)14-21(20)26-24(27)30-15-22(28)25-16(2)17-9-5-4-6-10-17/h4-14,16H,3,15H2,1-2H3,(H,25,28)/t16-/m0/s1. The SMILES string of the molecule is CCn1c(SCC(=O)N[C@@H](C)c2ccccc2)nc2cc3ccccc3cc2c1=O. The van der Waals surface area contributed by atoms with E-state index in [1.54, 1.807) is 4.57 Å². The number of thioether (sulfide) groups is 1. The Bertz CT molecular complexity index is 1270. The van der Waals surface area contributed by atoms with Gasteiger partial charge in [0.05, 0.1) is 22.7 Å². The quantitative estimate of drug-likeness (QED) is 0.284. The van der Waals surface area contributed by atoms with Crippen LogP contribution >= 0.6 is 11.8 Å². The molecular formula is C24H23N3O2S. The fourth-order valence-corrected chi connectivity index (χ4v) is 4.39. The number of carbonyl (C=O) groups excluding carboxylic acids is 1. The lowest BCUT2D eigenvalue weighted by Gasteiger charge is -2.15. The molecule has 0 bridgehead atoms. The summed E-state index contributed by atoms with van der Waals surface area (Å²) in [4.78, 5) is 30.2. The first-order valence-electron chi connectivity index (χ1n) is 9.97. The maximum atomic E-state index is 13.0. The number of aromatic nitrogens is 2. The first kappa shape index (κ1) is 20.2. The van der Waals surface area contributed by atoms with Gasteiger partial charge in [-0.15, -0.1) is 0 Å². The first-order chi connectivity index (χ1) is 14.6. The van der Waals surface area contributed by atoms with Crippen LogP contribution in [0.1, 0.15) is 25.5 Å². The predicted molar refractivity (Wildman–Crippen MR) is 123 cm³/mol. The summed E-state index contributed by atoms with van der Waals surface area (Å²) >= 11 is 1.29. The highest BCUT2D eigenvalue weighted by Gasteiger charge is 2.14. The van der Waals surface area contributed by atoms with E-state index in [1.807, 2.05) is 80.6 Å². The maximum absolute atomic E-state index is 13.0. The molecule has 4 rings (SSSR count). The summed E-state index contributed by atoms with van der Waals surface area (Å²) in [6.45, 7) is 4.37. The average molecular weight is 418 g/mol. The number of nitrogens with one attached hydrogen (secondary N) is 1. The molecule has 1 aromatic heterocycles. The molecule has 0 saturated heterocycles. The number of amides is 1.